The van der Waals surface area contributed by atoms with Crippen molar-refractivity contribution < 1.29 is 42.9 Å². The van der Waals surface area contributed by atoms with E-state index >= 15 is 0 Å². The van der Waals surface area contributed by atoms with Gasteiger partial charge in [0.2, 0.25) is 0 Å². The molecule has 0 aliphatic carbocycles. The van der Waals surface area contributed by atoms with Crippen molar-refractivity contribution >= 4 is 17.9 Å². The van der Waals surface area contributed by atoms with E-state index in [2.05, 4.69) is 5.48 Å². The third-order valence-electron chi connectivity index (χ3n) is 6.04. The summed E-state index contributed by atoms with van der Waals surface area (Å²) in [5.74, 6) is -1.90. The van der Waals surface area contributed by atoms with Crippen LogP contribution < -0.4 is 5.48 Å². The molecule has 0 bridgehead atoms. The maximum Gasteiger partial charge on any atom is 0.338 e. The summed E-state index contributed by atoms with van der Waals surface area (Å²) in [6, 6.07) is 24.2. The molecule has 1 heterocycles. The maximum atomic E-state index is 13.1. The topological polar surface area (TPSA) is 119 Å². The summed E-state index contributed by atoms with van der Waals surface area (Å²) in [7, 11) is 2.73. The van der Waals surface area contributed by atoms with Crippen LogP contribution in [0.5, 0.6) is 0 Å². The Morgan fingerprint density at radius 3 is 1.62 bits per heavy atom. The Balaban J connectivity index is 1.61. The molecule has 1 aliphatic rings. The second-order valence-electron chi connectivity index (χ2n) is 8.56. The van der Waals surface area contributed by atoms with Gasteiger partial charge in [-0.2, -0.15) is 5.48 Å². The normalized spacial score (nSPS) is 22.5. The molecule has 39 heavy (non-hydrogen) atoms. The third kappa shape index (κ3) is 7.06. The number of esters is 3. The summed E-state index contributed by atoms with van der Waals surface area (Å²) in [6.45, 7) is -0.243. The van der Waals surface area contributed by atoms with Gasteiger partial charge in [0.1, 0.15) is 18.8 Å². The zero-order valence-electron chi connectivity index (χ0n) is 21.4. The number of hydrogen-bond donors (Lipinski definition) is 1. The molecule has 1 saturated heterocycles. The Morgan fingerprint density at radius 1 is 0.692 bits per heavy atom. The van der Waals surface area contributed by atoms with E-state index in [-0.39, 0.29) is 17.7 Å². The first kappa shape index (κ1) is 27.9. The van der Waals surface area contributed by atoms with E-state index in [1.54, 1.807) is 91.0 Å². The molecule has 10 nitrogen and oxygen atoms in total. The third-order valence-corrected chi connectivity index (χ3v) is 6.04. The number of hydrogen-bond acceptors (Lipinski definition) is 10. The van der Waals surface area contributed by atoms with Crippen molar-refractivity contribution in [3.63, 3.8) is 0 Å². The van der Waals surface area contributed by atoms with Crippen LogP contribution >= 0.6 is 0 Å². The van der Waals surface area contributed by atoms with E-state index in [4.69, 9.17) is 28.5 Å². The van der Waals surface area contributed by atoms with Crippen LogP contribution in [0.25, 0.3) is 0 Å². The minimum Gasteiger partial charge on any atom is -0.459 e. The molecule has 0 aromatic heterocycles. The highest BCUT2D eigenvalue weighted by Crippen LogP contribution is 2.29. The van der Waals surface area contributed by atoms with E-state index in [1.807, 2.05) is 0 Å². The van der Waals surface area contributed by atoms with Crippen molar-refractivity contribution in [2.75, 3.05) is 20.8 Å². The Bertz CT molecular complexity index is 1220. The summed E-state index contributed by atoms with van der Waals surface area (Å²) in [4.78, 5) is 43.9. The number of rotatable bonds is 10. The van der Waals surface area contributed by atoms with Crippen LogP contribution in [-0.4, -0.2) is 69.4 Å². The van der Waals surface area contributed by atoms with Crippen LogP contribution in [0.3, 0.4) is 0 Å². The van der Waals surface area contributed by atoms with Crippen LogP contribution in [-0.2, 0) is 28.5 Å². The summed E-state index contributed by atoms with van der Waals surface area (Å²) in [6.07, 6.45) is -4.45. The lowest BCUT2D eigenvalue weighted by Crippen LogP contribution is -2.66. The van der Waals surface area contributed by atoms with Crippen molar-refractivity contribution in [3.05, 3.63) is 108 Å². The van der Waals surface area contributed by atoms with E-state index in [0.717, 1.165) is 0 Å². The summed E-state index contributed by atoms with van der Waals surface area (Å²) >= 11 is 0. The first-order valence-corrected chi connectivity index (χ1v) is 12.2. The lowest BCUT2D eigenvalue weighted by atomic mass is 9.96. The molecule has 0 radical (unpaired) electrons. The highest BCUT2D eigenvalue weighted by atomic mass is 16.7. The Kier molecular flexibility index (Phi) is 9.76. The number of benzene rings is 3. The van der Waals surface area contributed by atoms with Gasteiger partial charge < -0.3 is 28.5 Å². The largest absolute Gasteiger partial charge is 0.459 e. The molecule has 10 heteroatoms. The van der Waals surface area contributed by atoms with E-state index in [1.165, 1.54) is 14.2 Å². The molecule has 0 saturated carbocycles. The predicted molar refractivity (Wildman–Crippen MR) is 138 cm³/mol. The molecule has 204 valence electrons. The van der Waals surface area contributed by atoms with Gasteiger partial charge in [0.25, 0.3) is 0 Å². The second kappa shape index (κ2) is 13.6. The number of methoxy groups -OCH3 is 1. The quantitative estimate of drug-likeness (QED) is 0.236. The first-order chi connectivity index (χ1) is 19.0. The maximum absolute atomic E-state index is 13.1. The average Bonchev–Trinajstić information content (AvgIpc) is 2.99. The lowest BCUT2D eigenvalue weighted by Gasteiger charge is -2.44. The van der Waals surface area contributed by atoms with Gasteiger partial charge in [-0.25, -0.2) is 14.4 Å². The Morgan fingerprint density at radius 2 is 1.15 bits per heavy atom. The van der Waals surface area contributed by atoms with E-state index in [9.17, 15) is 14.4 Å². The van der Waals surface area contributed by atoms with Crippen molar-refractivity contribution in [2.24, 2.45) is 0 Å². The van der Waals surface area contributed by atoms with Crippen LogP contribution in [0, 0.1) is 0 Å². The van der Waals surface area contributed by atoms with Crippen LogP contribution in [0.1, 0.15) is 31.1 Å². The molecule has 3 aromatic rings. The van der Waals surface area contributed by atoms with Gasteiger partial charge in [0.15, 0.2) is 18.5 Å². The summed E-state index contributed by atoms with van der Waals surface area (Å²) < 4.78 is 28.7. The van der Waals surface area contributed by atoms with Crippen LogP contribution in [0.15, 0.2) is 91.0 Å². The summed E-state index contributed by atoms with van der Waals surface area (Å²) in [5.41, 5.74) is 3.68. The van der Waals surface area contributed by atoms with Crippen molar-refractivity contribution in [3.8, 4) is 0 Å². The van der Waals surface area contributed by atoms with Gasteiger partial charge >= 0.3 is 17.9 Å². The van der Waals surface area contributed by atoms with Gasteiger partial charge in [-0.3, -0.25) is 0 Å². The Labute approximate surface area is 225 Å². The first-order valence-electron chi connectivity index (χ1n) is 12.2. The van der Waals surface area contributed by atoms with Gasteiger partial charge in [0.05, 0.1) is 23.8 Å². The van der Waals surface area contributed by atoms with Crippen molar-refractivity contribution in [1.29, 1.82) is 0 Å². The minimum atomic E-state index is -1.20. The molecule has 1 unspecified atom stereocenters. The van der Waals surface area contributed by atoms with E-state index in [0.29, 0.717) is 5.56 Å². The number of hydroxylamine groups is 1. The molecule has 3 aromatic carbocycles. The number of carbonyl (C=O) groups excluding carboxylic acids is 3. The number of ether oxygens (including phenoxy) is 5. The zero-order valence-corrected chi connectivity index (χ0v) is 21.4. The smallest absolute Gasteiger partial charge is 0.338 e. The molecule has 5 atom stereocenters. The average molecular weight is 536 g/mol. The van der Waals surface area contributed by atoms with Gasteiger partial charge in [-0.1, -0.05) is 54.6 Å². The molecule has 1 fully saturated rings. The Hall–Kier alpha value is -4.09. The SMILES string of the molecule is CON[C@H]1[C@H](OC(=O)c2ccccc2)[C@@H](OC(=O)c2ccccc2)C(OC)O[C@@H]1COC(=O)c1ccccc1. The molecule has 1 N–H and O–H groups in total. The van der Waals surface area contributed by atoms with Gasteiger partial charge in [-0.05, 0) is 36.4 Å². The standard InChI is InChI=1S/C29H29NO9/c1-34-29-25(39-28(33)21-16-10-5-11-17-21)24(38-27(32)20-14-8-4-9-15-20)23(30-35-2)22(37-29)18-36-26(31)19-12-6-3-7-13-19/h3-17,22-25,29-30H,18H2,1-2H3/t22-,23-,24+,25-,29?/m1/s1. The minimum absolute atomic E-state index is 0.243. The monoisotopic (exact) mass is 535 g/mol. The molecular weight excluding hydrogens is 506 g/mol. The lowest BCUT2D eigenvalue weighted by molar-refractivity contribution is -0.279. The molecule has 1 aliphatic heterocycles. The highest BCUT2D eigenvalue weighted by molar-refractivity contribution is 5.90. The fourth-order valence-electron chi connectivity index (χ4n) is 4.13. The summed E-state index contributed by atoms with van der Waals surface area (Å²) in [5, 5.41) is 0. The van der Waals surface area contributed by atoms with Gasteiger partial charge in [0, 0.05) is 7.11 Å². The number of carbonyl (C=O) groups is 3. The second-order valence-corrected chi connectivity index (χ2v) is 8.56. The van der Waals surface area contributed by atoms with Crippen molar-refractivity contribution in [1.82, 2.24) is 5.48 Å². The molecule has 0 spiro atoms. The molecule has 4 rings (SSSR count). The predicted octanol–water partition coefficient (Wildman–Crippen LogP) is 3.19. The molecule has 0 amide bonds. The molecular formula is C29H29NO9. The van der Waals surface area contributed by atoms with E-state index < -0.39 is 48.6 Å². The highest BCUT2D eigenvalue weighted by Gasteiger charge is 2.51. The fourth-order valence-corrected chi connectivity index (χ4v) is 4.13. The fraction of sp³-hybridized carbons (Fsp3) is 0.276. The van der Waals surface area contributed by atoms with Gasteiger partial charge in [-0.15, -0.1) is 0 Å². The number of nitrogens with one attached hydrogen (secondary N) is 1. The van der Waals surface area contributed by atoms with Crippen LogP contribution in [0.2, 0.25) is 0 Å². The van der Waals surface area contributed by atoms with Crippen LogP contribution in [0.4, 0.5) is 0 Å². The zero-order chi connectivity index (χ0) is 27.6. The van der Waals surface area contributed by atoms with Crippen molar-refractivity contribution in [2.45, 2.75) is 30.6 Å².